The van der Waals surface area contributed by atoms with Crippen molar-refractivity contribution in [3.63, 3.8) is 0 Å². The predicted molar refractivity (Wildman–Crippen MR) is 81.1 cm³/mol. The molecule has 0 radical (unpaired) electrons. The third-order valence-corrected chi connectivity index (χ3v) is 4.90. The van der Waals surface area contributed by atoms with Crippen molar-refractivity contribution >= 4 is 23.2 Å². The van der Waals surface area contributed by atoms with E-state index >= 15 is 0 Å². The van der Waals surface area contributed by atoms with Gasteiger partial charge in [0.25, 0.3) is 0 Å². The molecular weight excluding hydrogens is 281 g/mol. The first kappa shape index (κ1) is 15.1. The molecule has 4 heteroatoms. The van der Waals surface area contributed by atoms with Gasteiger partial charge in [0.15, 0.2) is 0 Å². The number of aliphatic hydroxyl groups is 1. The Kier molecular flexibility index (Phi) is 4.78. The second-order valence-electron chi connectivity index (χ2n) is 5.77. The van der Waals surface area contributed by atoms with Gasteiger partial charge < -0.3 is 5.11 Å². The van der Waals surface area contributed by atoms with Crippen LogP contribution in [0.5, 0.6) is 0 Å². The molecule has 0 spiro atoms. The molecular formula is C15H21Cl2NO. The summed E-state index contributed by atoms with van der Waals surface area (Å²) in [6.07, 6.45) is 2.43. The Morgan fingerprint density at radius 1 is 1.21 bits per heavy atom. The molecule has 1 aliphatic rings. The van der Waals surface area contributed by atoms with Crippen LogP contribution in [0.3, 0.4) is 0 Å². The lowest BCUT2D eigenvalue weighted by molar-refractivity contribution is 0.00339. The molecule has 0 bridgehead atoms. The van der Waals surface area contributed by atoms with E-state index in [-0.39, 0.29) is 5.54 Å². The molecule has 0 aliphatic carbocycles. The summed E-state index contributed by atoms with van der Waals surface area (Å²) in [4.78, 5) is 2.35. The molecule has 0 aromatic heterocycles. The predicted octanol–water partition coefficient (Wildman–Crippen LogP) is 3.77. The van der Waals surface area contributed by atoms with Crippen LogP contribution < -0.4 is 0 Å². The number of halogens is 2. The zero-order chi connectivity index (χ0) is 14.0. The average molecular weight is 302 g/mol. The molecule has 1 unspecified atom stereocenters. The van der Waals surface area contributed by atoms with E-state index in [1.54, 1.807) is 0 Å². The number of benzene rings is 1. The van der Waals surface area contributed by atoms with E-state index in [1.165, 1.54) is 12.8 Å². The maximum atomic E-state index is 10.6. The number of aliphatic hydroxyl groups excluding tert-OH is 1. The molecule has 1 aliphatic heterocycles. The number of likely N-dealkylation sites (tertiary alicyclic amines) is 1. The summed E-state index contributed by atoms with van der Waals surface area (Å²) in [7, 11) is 0. The monoisotopic (exact) mass is 301 g/mol. The summed E-state index contributed by atoms with van der Waals surface area (Å²) in [5.74, 6) is 0. The molecule has 2 nitrogen and oxygen atoms in total. The maximum Gasteiger partial charge on any atom is 0.0759 e. The molecule has 106 valence electrons. The quantitative estimate of drug-likeness (QED) is 0.915. The standard InChI is InChI=1S/C15H21Cl2NO/c1-15(2,18-8-3-4-9-18)14(19)10-11-12(16)6-5-7-13(11)17/h5-7,14,19H,3-4,8-10H2,1-2H3. The molecule has 0 amide bonds. The minimum atomic E-state index is -0.483. The van der Waals surface area contributed by atoms with E-state index in [9.17, 15) is 5.11 Å². The van der Waals surface area contributed by atoms with Crippen molar-refractivity contribution in [3.8, 4) is 0 Å². The smallest absolute Gasteiger partial charge is 0.0759 e. The first-order valence-electron chi connectivity index (χ1n) is 6.79. The van der Waals surface area contributed by atoms with Gasteiger partial charge >= 0.3 is 0 Å². The van der Waals surface area contributed by atoms with Crippen molar-refractivity contribution in [2.45, 2.75) is 44.8 Å². The summed E-state index contributed by atoms with van der Waals surface area (Å²) in [5, 5.41) is 11.8. The molecule has 1 N–H and O–H groups in total. The van der Waals surface area contributed by atoms with E-state index in [1.807, 2.05) is 18.2 Å². The lowest BCUT2D eigenvalue weighted by atomic mass is 9.90. The Morgan fingerprint density at radius 2 is 1.74 bits per heavy atom. The Labute approximate surface area is 125 Å². The van der Waals surface area contributed by atoms with E-state index in [2.05, 4.69) is 18.7 Å². The van der Waals surface area contributed by atoms with Crippen LogP contribution in [-0.2, 0) is 6.42 Å². The van der Waals surface area contributed by atoms with Gasteiger partial charge in [0.2, 0.25) is 0 Å². The number of nitrogens with zero attached hydrogens (tertiary/aromatic N) is 1. The fraction of sp³-hybridized carbons (Fsp3) is 0.600. The van der Waals surface area contributed by atoms with Crippen LogP contribution >= 0.6 is 23.2 Å². The zero-order valence-corrected chi connectivity index (χ0v) is 13.0. The van der Waals surface area contributed by atoms with E-state index < -0.39 is 6.10 Å². The Hall–Kier alpha value is -0.280. The van der Waals surface area contributed by atoms with Crippen molar-refractivity contribution in [2.75, 3.05) is 13.1 Å². The van der Waals surface area contributed by atoms with Crippen LogP contribution in [0, 0.1) is 0 Å². The first-order chi connectivity index (χ1) is 8.93. The van der Waals surface area contributed by atoms with Crippen molar-refractivity contribution in [3.05, 3.63) is 33.8 Å². The third kappa shape index (κ3) is 3.25. The van der Waals surface area contributed by atoms with Gasteiger partial charge in [0.1, 0.15) is 0 Å². The fourth-order valence-electron chi connectivity index (χ4n) is 2.67. The molecule has 1 aromatic carbocycles. The minimum absolute atomic E-state index is 0.251. The van der Waals surface area contributed by atoms with Gasteiger partial charge in [-0.1, -0.05) is 29.3 Å². The van der Waals surface area contributed by atoms with Crippen LogP contribution in [0.2, 0.25) is 10.0 Å². The van der Waals surface area contributed by atoms with Crippen LogP contribution in [-0.4, -0.2) is 34.7 Å². The molecule has 0 saturated carbocycles. The highest BCUT2D eigenvalue weighted by molar-refractivity contribution is 6.36. The lowest BCUT2D eigenvalue weighted by Crippen LogP contribution is -2.52. The van der Waals surface area contributed by atoms with Gasteiger partial charge in [0, 0.05) is 22.0 Å². The highest BCUT2D eigenvalue weighted by Crippen LogP contribution is 2.31. The van der Waals surface area contributed by atoms with Crippen LogP contribution in [0.25, 0.3) is 0 Å². The normalized spacial score (nSPS) is 18.8. The zero-order valence-electron chi connectivity index (χ0n) is 11.5. The van der Waals surface area contributed by atoms with Gasteiger partial charge in [-0.25, -0.2) is 0 Å². The van der Waals surface area contributed by atoms with Gasteiger partial charge in [-0.3, -0.25) is 4.90 Å². The molecule has 2 rings (SSSR count). The summed E-state index contributed by atoms with van der Waals surface area (Å²) in [6, 6.07) is 5.46. The van der Waals surface area contributed by atoms with E-state index in [0.717, 1.165) is 18.7 Å². The van der Waals surface area contributed by atoms with Crippen LogP contribution in [0.1, 0.15) is 32.3 Å². The Morgan fingerprint density at radius 3 is 2.26 bits per heavy atom. The van der Waals surface area contributed by atoms with Crippen molar-refractivity contribution in [2.24, 2.45) is 0 Å². The molecule has 1 heterocycles. The van der Waals surface area contributed by atoms with Gasteiger partial charge in [0.05, 0.1) is 6.10 Å². The summed E-state index contributed by atoms with van der Waals surface area (Å²) in [5.41, 5.74) is 0.588. The van der Waals surface area contributed by atoms with Crippen molar-refractivity contribution in [1.82, 2.24) is 4.90 Å². The summed E-state index contributed by atoms with van der Waals surface area (Å²) >= 11 is 12.3. The van der Waals surface area contributed by atoms with Crippen LogP contribution in [0.15, 0.2) is 18.2 Å². The SMILES string of the molecule is CC(C)(C(O)Cc1c(Cl)cccc1Cl)N1CCCC1. The summed E-state index contributed by atoms with van der Waals surface area (Å²) < 4.78 is 0. The minimum Gasteiger partial charge on any atom is -0.391 e. The molecule has 1 atom stereocenters. The third-order valence-electron chi connectivity index (χ3n) is 4.20. The average Bonchev–Trinajstić information content (AvgIpc) is 2.88. The van der Waals surface area contributed by atoms with Crippen molar-refractivity contribution < 1.29 is 5.11 Å². The lowest BCUT2D eigenvalue weighted by Gasteiger charge is -2.39. The number of rotatable bonds is 4. The number of hydrogen-bond donors (Lipinski definition) is 1. The van der Waals surface area contributed by atoms with Gasteiger partial charge in [-0.2, -0.15) is 0 Å². The molecule has 1 fully saturated rings. The summed E-state index contributed by atoms with van der Waals surface area (Å²) in [6.45, 7) is 6.29. The van der Waals surface area contributed by atoms with E-state index in [0.29, 0.717) is 16.5 Å². The maximum absolute atomic E-state index is 10.6. The largest absolute Gasteiger partial charge is 0.391 e. The van der Waals surface area contributed by atoms with Gasteiger partial charge in [-0.15, -0.1) is 0 Å². The topological polar surface area (TPSA) is 23.5 Å². The van der Waals surface area contributed by atoms with E-state index in [4.69, 9.17) is 23.2 Å². The van der Waals surface area contributed by atoms with Gasteiger partial charge in [-0.05, 0) is 57.5 Å². The fourth-order valence-corrected chi connectivity index (χ4v) is 3.23. The molecule has 1 aromatic rings. The first-order valence-corrected chi connectivity index (χ1v) is 7.54. The number of hydrogen-bond acceptors (Lipinski definition) is 2. The van der Waals surface area contributed by atoms with Crippen molar-refractivity contribution in [1.29, 1.82) is 0 Å². The highest BCUT2D eigenvalue weighted by atomic mass is 35.5. The Balaban J connectivity index is 2.13. The molecule has 1 saturated heterocycles. The second-order valence-corrected chi connectivity index (χ2v) is 6.58. The Bertz CT molecular complexity index is 422. The van der Waals surface area contributed by atoms with Crippen LogP contribution in [0.4, 0.5) is 0 Å². The second kappa shape index (κ2) is 6.01. The molecule has 19 heavy (non-hydrogen) atoms. The highest BCUT2D eigenvalue weighted by Gasteiger charge is 2.36.